The highest BCUT2D eigenvalue weighted by Gasteiger charge is 2.13. The van der Waals surface area contributed by atoms with E-state index in [9.17, 15) is 9.90 Å². The van der Waals surface area contributed by atoms with Crippen LogP contribution < -0.4 is 4.90 Å². The van der Waals surface area contributed by atoms with Crippen molar-refractivity contribution < 1.29 is 9.90 Å². The molecule has 5 heteroatoms. The van der Waals surface area contributed by atoms with Crippen LogP contribution in [-0.2, 0) is 17.8 Å². The van der Waals surface area contributed by atoms with Crippen molar-refractivity contribution in [1.82, 2.24) is 4.57 Å². The van der Waals surface area contributed by atoms with Crippen LogP contribution in [0.4, 0.5) is 11.4 Å². The van der Waals surface area contributed by atoms with Crippen molar-refractivity contribution in [2.45, 2.75) is 19.9 Å². The van der Waals surface area contributed by atoms with Gasteiger partial charge >= 0.3 is 5.97 Å². The van der Waals surface area contributed by atoms with Gasteiger partial charge in [0.25, 0.3) is 0 Å². The first-order chi connectivity index (χ1) is 14.4. The fraction of sp³-hybridized carbons (Fsp3) is 0.160. The minimum atomic E-state index is -0.823. The third kappa shape index (κ3) is 4.05. The van der Waals surface area contributed by atoms with Gasteiger partial charge in [-0.1, -0.05) is 48.0 Å². The number of hydrogen-bond acceptors (Lipinski definition) is 2. The molecule has 0 bridgehead atoms. The van der Waals surface area contributed by atoms with Crippen LogP contribution in [0, 0.1) is 6.92 Å². The van der Waals surface area contributed by atoms with E-state index in [1.165, 1.54) is 0 Å². The second-order valence-electron chi connectivity index (χ2n) is 7.55. The van der Waals surface area contributed by atoms with Crippen molar-refractivity contribution in [3.05, 3.63) is 94.6 Å². The number of aryl methyl sites for hydroxylation is 1. The maximum absolute atomic E-state index is 11.3. The number of nitrogens with zero attached hydrogens (tertiary/aromatic N) is 2. The van der Waals surface area contributed by atoms with Gasteiger partial charge in [0.15, 0.2) is 0 Å². The quantitative estimate of drug-likeness (QED) is 0.414. The second kappa shape index (κ2) is 8.25. The lowest BCUT2D eigenvalue weighted by Gasteiger charge is -2.22. The first-order valence-corrected chi connectivity index (χ1v) is 10.2. The molecule has 4 aromatic rings. The van der Waals surface area contributed by atoms with Crippen molar-refractivity contribution in [3.8, 4) is 0 Å². The Morgan fingerprint density at radius 2 is 1.87 bits per heavy atom. The first kappa shape index (κ1) is 20.0. The van der Waals surface area contributed by atoms with E-state index in [2.05, 4.69) is 33.7 Å². The number of carbonyl (C=O) groups is 1. The number of fused-ring (bicyclic) bond motifs is 1. The summed E-state index contributed by atoms with van der Waals surface area (Å²) in [4.78, 5) is 13.3. The Labute approximate surface area is 180 Å². The number of halogens is 1. The number of aromatic nitrogens is 1. The van der Waals surface area contributed by atoms with Crippen LogP contribution in [0.15, 0.2) is 72.9 Å². The number of aliphatic carboxylic acids is 1. The lowest BCUT2D eigenvalue weighted by atomic mass is 10.1. The summed E-state index contributed by atoms with van der Waals surface area (Å²) in [6, 6.07) is 22.3. The summed E-state index contributed by atoms with van der Waals surface area (Å²) < 4.78 is 2.12. The minimum absolute atomic E-state index is 0.0161. The SMILES string of the molecule is Cc1ccc(N(C)c2cccc(Cn3cc(CC(=O)O)c4ccccc43)c2)c(Cl)c1. The van der Waals surface area contributed by atoms with Crippen LogP contribution in [0.3, 0.4) is 0 Å². The van der Waals surface area contributed by atoms with E-state index in [-0.39, 0.29) is 6.42 Å². The molecule has 0 saturated heterocycles. The Kier molecular flexibility index (Phi) is 5.51. The van der Waals surface area contributed by atoms with Gasteiger partial charge in [0, 0.05) is 36.4 Å². The van der Waals surface area contributed by atoms with Gasteiger partial charge in [0.05, 0.1) is 17.1 Å². The fourth-order valence-corrected chi connectivity index (χ4v) is 4.20. The van der Waals surface area contributed by atoms with Crippen LogP contribution in [-0.4, -0.2) is 22.7 Å². The molecule has 152 valence electrons. The fourth-order valence-electron chi connectivity index (χ4n) is 3.84. The lowest BCUT2D eigenvalue weighted by Crippen LogP contribution is -2.10. The van der Waals surface area contributed by atoms with Gasteiger partial charge in [-0.3, -0.25) is 4.79 Å². The van der Waals surface area contributed by atoms with Gasteiger partial charge in [-0.25, -0.2) is 0 Å². The Bertz CT molecular complexity index is 1230. The average Bonchev–Trinajstić information content (AvgIpc) is 3.04. The summed E-state index contributed by atoms with van der Waals surface area (Å²) in [5.74, 6) is -0.823. The standard InChI is InChI=1S/C25H23ClN2O2/c1-17-10-11-24(22(26)12-17)27(2)20-7-5-6-18(13-20)15-28-16-19(14-25(29)30)21-8-3-4-9-23(21)28/h3-13,16H,14-15H2,1-2H3,(H,29,30). The zero-order chi connectivity index (χ0) is 21.3. The molecule has 0 aliphatic heterocycles. The largest absolute Gasteiger partial charge is 0.481 e. The monoisotopic (exact) mass is 418 g/mol. The molecule has 30 heavy (non-hydrogen) atoms. The summed E-state index contributed by atoms with van der Waals surface area (Å²) in [6.07, 6.45) is 1.97. The maximum atomic E-state index is 11.3. The topological polar surface area (TPSA) is 45.5 Å². The third-order valence-electron chi connectivity index (χ3n) is 5.33. The van der Waals surface area contributed by atoms with E-state index in [0.29, 0.717) is 6.54 Å². The molecule has 1 N–H and O–H groups in total. The molecule has 0 aliphatic rings. The highest BCUT2D eigenvalue weighted by atomic mass is 35.5. The van der Waals surface area contributed by atoms with Crippen molar-refractivity contribution >= 4 is 39.8 Å². The Morgan fingerprint density at radius 3 is 2.63 bits per heavy atom. The van der Waals surface area contributed by atoms with Gasteiger partial charge < -0.3 is 14.6 Å². The Morgan fingerprint density at radius 1 is 1.07 bits per heavy atom. The maximum Gasteiger partial charge on any atom is 0.307 e. The summed E-state index contributed by atoms with van der Waals surface area (Å²) >= 11 is 6.46. The lowest BCUT2D eigenvalue weighted by molar-refractivity contribution is -0.136. The number of anilines is 2. The molecule has 0 amide bonds. The minimum Gasteiger partial charge on any atom is -0.481 e. The molecule has 0 unspecified atom stereocenters. The number of rotatable bonds is 6. The van der Waals surface area contributed by atoms with Gasteiger partial charge in [0.2, 0.25) is 0 Å². The predicted molar refractivity (Wildman–Crippen MR) is 123 cm³/mol. The third-order valence-corrected chi connectivity index (χ3v) is 5.63. The van der Waals surface area contributed by atoms with Crippen molar-refractivity contribution in [2.75, 3.05) is 11.9 Å². The van der Waals surface area contributed by atoms with Crippen LogP contribution >= 0.6 is 11.6 Å². The molecule has 4 nitrogen and oxygen atoms in total. The van der Waals surface area contributed by atoms with E-state index in [0.717, 1.165) is 44.0 Å². The molecule has 0 radical (unpaired) electrons. The molecular formula is C25H23ClN2O2. The predicted octanol–water partition coefficient (Wildman–Crippen LogP) is 6.05. The molecule has 0 spiro atoms. The van der Waals surface area contributed by atoms with Crippen LogP contribution in [0.2, 0.25) is 5.02 Å². The van der Waals surface area contributed by atoms with Gasteiger partial charge in [-0.15, -0.1) is 0 Å². The summed E-state index contributed by atoms with van der Waals surface area (Å²) in [6.45, 7) is 2.68. The number of hydrogen-bond donors (Lipinski definition) is 1. The normalized spacial score (nSPS) is 11.0. The summed E-state index contributed by atoms with van der Waals surface area (Å²) in [7, 11) is 2.01. The number of para-hydroxylation sites is 1. The van der Waals surface area contributed by atoms with E-state index in [1.807, 2.05) is 62.6 Å². The number of benzene rings is 3. The molecule has 3 aromatic carbocycles. The molecule has 0 fully saturated rings. The first-order valence-electron chi connectivity index (χ1n) is 9.80. The van der Waals surface area contributed by atoms with E-state index >= 15 is 0 Å². The zero-order valence-corrected chi connectivity index (χ0v) is 17.7. The Balaban J connectivity index is 1.66. The zero-order valence-electron chi connectivity index (χ0n) is 17.0. The van der Waals surface area contributed by atoms with Crippen molar-refractivity contribution in [2.24, 2.45) is 0 Å². The Hall–Kier alpha value is -3.24. The molecule has 0 atom stereocenters. The van der Waals surface area contributed by atoms with Crippen LogP contribution in [0.1, 0.15) is 16.7 Å². The van der Waals surface area contributed by atoms with E-state index < -0.39 is 5.97 Å². The summed E-state index contributed by atoms with van der Waals surface area (Å²) in [5, 5.41) is 11.0. The smallest absolute Gasteiger partial charge is 0.307 e. The van der Waals surface area contributed by atoms with Crippen LogP contribution in [0.5, 0.6) is 0 Å². The van der Waals surface area contributed by atoms with E-state index in [1.54, 1.807) is 0 Å². The van der Waals surface area contributed by atoms with Gasteiger partial charge in [0.1, 0.15) is 0 Å². The molecule has 1 heterocycles. The van der Waals surface area contributed by atoms with Gasteiger partial charge in [-0.2, -0.15) is 0 Å². The van der Waals surface area contributed by atoms with Crippen LogP contribution in [0.25, 0.3) is 10.9 Å². The van der Waals surface area contributed by atoms with Crippen molar-refractivity contribution in [3.63, 3.8) is 0 Å². The number of carboxylic acid groups (broad SMARTS) is 1. The van der Waals surface area contributed by atoms with E-state index in [4.69, 9.17) is 11.6 Å². The highest BCUT2D eigenvalue weighted by molar-refractivity contribution is 6.33. The molecule has 0 saturated carbocycles. The molecule has 1 aromatic heterocycles. The van der Waals surface area contributed by atoms with Crippen molar-refractivity contribution in [1.29, 1.82) is 0 Å². The van der Waals surface area contributed by atoms with Gasteiger partial charge in [-0.05, 0) is 53.9 Å². The molecule has 0 aliphatic carbocycles. The highest BCUT2D eigenvalue weighted by Crippen LogP contribution is 2.32. The molecule has 4 rings (SSSR count). The number of carboxylic acids is 1. The summed E-state index contributed by atoms with van der Waals surface area (Å²) in [5.41, 5.74) is 6.12. The molecular weight excluding hydrogens is 396 g/mol. The average molecular weight is 419 g/mol. The second-order valence-corrected chi connectivity index (χ2v) is 7.96.